The molecular weight excluding hydrogens is 802 g/mol. The highest BCUT2D eigenvalue weighted by Crippen LogP contribution is 2.34. The lowest BCUT2D eigenvalue weighted by atomic mass is 9.99. The number of hydrogen-bond acceptors (Lipinski definition) is 11. The number of nitro groups is 1. The van der Waals surface area contributed by atoms with Gasteiger partial charge in [-0.2, -0.15) is 0 Å². The third-order valence-corrected chi connectivity index (χ3v) is 12.3. The van der Waals surface area contributed by atoms with Crippen LogP contribution in [0, 0.1) is 21.8 Å². The Morgan fingerprint density at radius 3 is 2.36 bits per heavy atom. The number of sulfonamides is 1. The summed E-state index contributed by atoms with van der Waals surface area (Å²) in [5.41, 5.74) is 4.45. The van der Waals surface area contributed by atoms with Crippen LogP contribution in [0.5, 0.6) is 11.5 Å². The number of nitrogens with one attached hydrogen (secondary N) is 2. The number of carbonyl (C=O) groups is 1. The van der Waals surface area contributed by atoms with Gasteiger partial charge >= 0.3 is 0 Å². The van der Waals surface area contributed by atoms with Crippen LogP contribution < -0.4 is 19.7 Å². The summed E-state index contributed by atoms with van der Waals surface area (Å²) in [5, 5.41) is 15.2. The molecule has 0 radical (unpaired) electrons. The van der Waals surface area contributed by atoms with Crippen molar-refractivity contribution < 1.29 is 32.0 Å². The normalized spacial score (nSPS) is 15.0. The van der Waals surface area contributed by atoms with E-state index in [1.807, 2.05) is 34.9 Å². The van der Waals surface area contributed by atoms with E-state index in [4.69, 9.17) is 9.47 Å². The van der Waals surface area contributed by atoms with Gasteiger partial charge in [0.1, 0.15) is 23.0 Å². The van der Waals surface area contributed by atoms with Gasteiger partial charge in [-0.15, -0.1) is 0 Å². The van der Waals surface area contributed by atoms with Gasteiger partial charge in [0.25, 0.3) is 21.6 Å². The minimum absolute atomic E-state index is 0.0497. The Hall–Kier alpha value is -6.62. The van der Waals surface area contributed by atoms with Crippen molar-refractivity contribution in [2.45, 2.75) is 24.3 Å². The lowest BCUT2D eigenvalue weighted by Crippen LogP contribution is -2.46. The SMILES string of the molecule is O=C(NS(=O)(=O)c1ccc(NCC2CCOCC2)c([N+](=O)[O-])c1)c1ccc(N2CCN(Cc3ccccc3-c3ccc(F)cc3)CC2)cc1Oc1ccc(-n2ccnc2)cc1. The van der Waals surface area contributed by atoms with Crippen LogP contribution in [-0.2, 0) is 21.3 Å². The van der Waals surface area contributed by atoms with Crippen LogP contribution in [0.2, 0.25) is 0 Å². The quantitative estimate of drug-likeness (QED) is 0.0819. The van der Waals surface area contributed by atoms with E-state index in [1.54, 1.807) is 55.1 Å². The van der Waals surface area contributed by atoms with Crippen molar-refractivity contribution in [1.82, 2.24) is 19.2 Å². The van der Waals surface area contributed by atoms with Crippen molar-refractivity contribution in [3.05, 3.63) is 155 Å². The summed E-state index contributed by atoms with van der Waals surface area (Å²) in [5.74, 6) is -0.458. The number of aromatic nitrogens is 2. The summed E-state index contributed by atoms with van der Waals surface area (Å²) in [6.45, 7) is 5.22. The van der Waals surface area contributed by atoms with E-state index in [0.717, 1.165) is 60.1 Å². The molecule has 16 heteroatoms. The Labute approximate surface area is 352 Å². The zero-order chi connectivity index (χ0) is 42.3. The van der Waals surface area contributed by atoms with Crippen LogP contribution in [0.15, 0.2) is 133 Å². The summed E-state index contributed by atoms with van der Waals surface area (Å²) in [6.07, 6.45) is 6.77. The molecule has 5 aromatic carbocycles. The molecular formula is C45H44FN7O7S. The molecule has 0 unspecified atom stereocenters. The summed E-state index contributed by atoms with van der Waals surface area (Å²) < 4.78 is 56.6. The van der Waals surface area contributed by atoms with Gasteiger partial charge in [-0.3, -0.25) is 19.8 Å². The third kappa shape index (κ3) is 9.89. The van der Waals surface area contributed by atoms with E-state index in [0.29, 0.717) is 45.1 Å². The maximum Gasteiger partial charge on any atom is 0.293 e. The predicted octanol–water partition coefficient (Wildman–Crippen LogP) is 7.66. The van der Waals surface area contributed by atoms with E-state index in [1.165, 1.54) is 30.3 Å². The molecule has 2 aliphatic rings. The van der Waals surface area contributed by atoms with E-state index in [9.17, 15) is 27.7 Å². The second-order valence-electron chi connectivity index (χ2n) is 15.0. The van der Waals surface area contributed by atoms with Gasteiger partial charge < -0.3 is 24.3 Å². The average Bonchev–Trinajstić information content (AvgIpc) is 3.82. The van der Waals surface area contributed by atoms with Gasteiger partial charge in [-0.1, -0.05) is 36.4 Å². The second-order valence-corrected chi connectivity index (χ2v) is 16.7. The first-order valence-corrected chi connectivity index (χ1v) is 21.5. The number of piperazine rings is 1. The topological polar surface area (TPSA) is 161 Å². The van der Waals surface area contributed by atoms with E-state index in [2.05, 4.69) is 30.9 Å². The molecule has 0 bridgehead atoms. The lowest BCUT2D eigenvalue weighted by molar-refractivity contribution is -0.384. The number of ether oxygens (including phenoxy) is 2. The number of carbonyl (C=O) groups excluding carboxylic acids is 1. The third-order valence-electron chi connectivity index (χ3n) is 11.0. The van der Waals surface area contributed by atoms with Crippen LogP contribution in [0.3, 0.4) is 0 Å². The fourth-order valence-corrected chi connectivity index (χ4v) is 8.58. The van der Waals surface area contributed by atoms with Crippen molar-refractivity contribution in [3.8, 4) is 28.3 Å². The molecule has 6 aromatic rings. The van der Waals surface area contributed by atoms with Gasteiger partial charge in [0.05, 0.1) is 21.7 Å². The van der Waals surface area contributed by atoms with Crippen molar-refractivity contribution in [3.63, 3.8) is 0 Å². The molecule has 2 saturated heterocycles. The van der Waals surface area contributed by atoms with Crippen LogP contribution in [0.4, 0.5) is 21.5 Å². The second kappa shape index (κ2) is 18.3. The largest absolute Gasteiger partial charge is 0.456 e. The van der Waals surface area contributed by atoms with Crippen LogP contribution >= 0.6 is 0 Å². The minimum atomic E-state index is -4.57. The van der Waals surface area contributed by atoms with E-state index in [-0.39, 0.29) is 28.7 Å². The first-order chi connectivity index (χ1) is 29.6. The van der Waals surface area contributed by atoms with Gasteiger partial charge in [0.2, 0.25) is 0 Å². The molecule has 14 nitrogen and oxygen atoms in total. The van der Waals surface area contributed by atoms with Gasteiger partial charge in [-0.05, 0) is 96.1 Å². The maximum atomic E-state index is 13.9. The standard InChI is InChI=1S/C45H44FN7O7S/c46-35-7-5-33(6-8-35)40-4-2-1-3-34(40)30-50-21-23-51(24-22-50)37-11-15-41(44(27-37)60-38-12-9-36(10-13-38)52-20-19-47-31-52)45(54)49-61(57,58)39-14-16-42(43(28-39)53(55)56)48-29-32-17-25-59-26-18-32/h1-16,19-20,27-28,31-32,48H,17-18,21-26,29-30H2,(H,49,54). The monoisotopic (exact) mass is 845 g/mol. The zero-order valence-corrected chi connectivity index (χ0v) is 34.0. The number of imidazole rings is 1. The van der Waals surface area contributed by atoms with Crippen molar-refractivity contribution in [2.75, 3.05) is 56.2 Å². The van der Waals surface area contributed by atoms with Crippen LogP contribution in [-0.4, -0.2) is 79.6 Å². The number of hydrogen-bond donors (Lipinski definition) is 2. The highest BCUT2D eigenvalue weighted by molar-refractivity contribution is 7.90. The molecule has 61 heavy (non-hydrogen) atoms. The van der Waals surface area contributed by atoms with E-state index < -0.39 is 31.4 Å². The summed E-state index contributed by atoms with van der Waals surface area (Å²) in [6, 6.07) is 30.3. The Balaban J connectivity index is 1.00. The molecule has 0 aliphatic carbocycles. The number of nitro benzene ring substituents is 1. The number of benzene rings is 5. The molecule has 0 atom stereocenters. The number of amides is 1. The van der Waals surface area contributed by atoms with Gasteiger partial charge in [-0.25, -0.2) is 22.5 Å². The smallest absolute Gasteiger partial charge is 0.293 e. The number of halogens is 1. The Morgan fingerprint density at radius 2 is 1.64 bits per heavy atom. The van der Waals surface area contributed by atoms with Crippen molar-refractivity contribution in [2.24, 2.45) is 5.92 Å². The zero-order valence-electron chi connectivity index (χ0n) is 33.2. The molecule has 3 heterocycles. The fraction of sp³-hybridized carbons (Fsp3) is 0.244. The molecule has 2 N–H and O–H groups in total. The molecule has 1 aromatic heterocycles. The highest BCUT2D eigenvalue weighted by Gasteiger charge is 2.27. The minimum Gasteiger partial charge on any atom is -0.456 e. The average molecular weight is 846 g/mol. The molecule has 0 saturated carbocycles. The van der Waals surface area contributed by atoms with Gasteiger partial charge in [0.15, 0.2) is 0 Å². The Morgan fingerprint density at radius 1 is 0.902 bits per heavy atom. The van der Waals surface area contributed by atoms with Gasteiger partial charge in [0, 0.05) is 88.4 Å². The number of anilines is 2. The van der Waals surface area contributed by atoms with Crippen molar-refractivity contribution in [1.29, 1.82) is 0 Å². The summed E-state index contributed by atoms with van der Waals surface area (Å²) >= 11 is 0. The highest BCUT2D eigenvalue weighted by atomic mass is 32.2. The van der Waals surface area contributed by atoms with Crippen LogP contribution in [0.1, 0.15) is 28.8 Å². The lowest BCUT2D eigenvalue weighted by Gasteiger charge is -2.36. The molecule has 2 fully saturated rings. The number of rotatable bonds is 14. The molecule has 1 amide bonds. The fourth-order valence-electron chi connectivity index (χ4n) is 7.60. The maximum absolute atomic E-state index is 13.9. The molecule has 314 valence electrons. The van der Waals surface area contributed by atoms with E-state index >= 15 is 0 Å². The number of nitrogens with zero attached hydrogens (tertiary/aromatic N) is 5. The molecule has 0 spiro atoms. The van der Waals surface area contributed by atoms with Crippen molar-refractivity contribution >= 4 is 33.0 Å². The predicted molar refractivity (Wildman–Crippen MR) is 229 cm³/mol. The first kappa shape index (κ1) is 41.1. The Kier molecular flexibility index (Phi) is 12.4. The Bertz CT molecular complexity index is 2600. The first-order valence-electron chi connectivity index (χ1n) is 20.0. The molecule has 2 aliphatic heterocycles. The summed E-state index contributed by atoms with van der Waals surface area (Å²) in [4.78, 5) is 33.5. The summed E-state index contributed by atoms with van der Waals surface area (Å²) in [7, 11) is -4.57. The van der Waals surface area contributed by atoms with Crippen LogP contribution in [0.25, 0.3) is 16.8 Å². The molecule has 8 rings (SSSR count).